The van der Waals surface area contributed by atoms with Gasteiger partial charge in [-0.25, -0.2) is 0 Å². The van der Waals surface area contributed by atoms with Crippen LogP contribution in [-0.2, 0) is 16.1 Å². The summed E-state index contributed by atoms with van der Waals surface area (Å²) in [7, 11) is 0. The molecule has 0 aliphatic carbocycles. The molecule has 2 amide bonds. The van der Waals surface area contributed by atoms with E-state index in [4.69, 9.17) is 4.42 Å². The predicted molar refractivity (Wildman–Crippen MR) is 102 cm³/mol. The fraction of sp³-hybridized carbons (Fsp3) is 0.364. The number of amides is 2. The van der Waals surface area contributed by atoms with Crippen LogP contribution < -0.4 is 0 Å². The van der Waals surface area contributed by atoms with Gasteiger partial charge in [-0.05, 0) is 30.5 Å². The molecule has 1 aromatic heterocycles. The highest BCUT2D eigenvalue weighted by Crippen LogP contribution is 2.27. The number of hydrogen-bond donors (Lipinski definition) is 0. The Kier molecular flexibility index (Phi) is 5.10. The molecule has 2 saturated heterocycles. The van der Waals surface area contributed by atoms with Gasteiger partial charge in [-0.3, -0.25) is 9.59 Å². The van der Waals surface area contributed by atoms with Gasteiger partial charge in [-0.15, -0.1) is 0 Å². The summed E-state index contributed by atoms with van der Waals surface area (Å²) in [6.45, 7) is 1.68. The average Bonchev–Trinajstić information content (AvgIpc) is 3.43. The Bertz CT molecular complexity index is 813. The van der Waals surface area contributed by atoms with E-state index in [-0.39, 0.29) is 23.8 Å². The molecule has 5 nitrogen and oxygen atoms in total. The minimum Gasteiger partial charge on any atom is -0.467 e. The van der Waals surface area contributed by atoms with Gasteiger partial charge in [0.15, 0.2) is 0 Å². The number of carbonyl (C=O) groups excluding carboxylic acids is 2. The molecule has 2 aliphatic heterocycles. The highest BCUT2D eigenvalue weighted by molar-refractivity contribution is 5.89. The van der Waals surface area contributed by atoms with Crippen molar-refractivity contribution in [3.8, 4) is 0 Å². The number of carbonyl (C=O) groups is 2. The van der Waals surface area contributed by atoms with E-state index in [9.17, 15) is 9.59 Å². The predicted octanol–water partition coefficient (Wildman–Crippen LogP) is 3.33. The minimum atomic E-state index is -0.252. The first-order chi connectivity index (χ1) is 13.2. The summed E-state index contributed by atoms with van der Waals surface area (Å²) >= 11 is 0. The lowest BCUT2D eigenvalue weighted by Crippen LogP contribution is -2.39. The molecule has 5 heteroatoms. The van der Waals surface area contributed by atoms with Gasteiger partial charge in [-0.2, -0.15) is 0 Å². The van der Waals surface area contributed by atoms with E-state index in [1.54, 1.807) is 11.2 Å². The smallest absolute Gasteiger partial charge is 0.228 e. The normalized spacial score (nSPS) is 22.9. The standard InChI is InChI=1S/C22H24N2O3/c25-21-14-18(15-23(21)16-20-9-5-13-27-20)22(26)24-12-4-8-19(24)11-10-17-6-2-1-3-7-17/h1-3,5-7,9-11,13,18-19H,4,8,12,14-16H2/b11-10+. The number of likely N-dealkylation sites (tertiary alicyclic amines) is 2. The molecule has 2 unspecified atom stereocenters. The lowest BCUT2D eigenvalue weighted by atomic mass is 10.1. The van der Waals surface area contributed by atoms with Crippen molar-refractivity contribution in [1.29, 1.82) is 0 Å². The molecule has 2 aliphatic rings. The number of benzene rings is 1. The van der Waals surface area contributed by atoms with Crippen LogP contribution in [0.2, 0.25) is 0 Å². The zero-order valence-electron chi connectivity index (χ0n) is 15.3. The van der Waals surface area contributed by atoms with E-state index in [2.05, 4.69) is 24.3 Å². The summed E-state index contributed by atoms with van der Waals surface area (Å²) in [6, 6.07) is 13.9. The van der Waals surface area contributed by atoms with Crippen LogP contribution in [0.25, 0.3) is 6.08 Å². The highest BCUT2D eigenvalue weighted by Gasteiger charge is 2.39. The van der Waals surface area contributed by atoms with Crippen LogP contribution >= 0.6 is 0 Å². The molecule has 2 atom stereocenters. The quantitative estimate of drug-likeness (QED) is 0.818. The zero-order valence-corrected chi connectivity index (χ0v) is 15.3. The number of furan rings is 1. The van der Waals surface area contributed by atoms with Crippen LogP contribution in [0, 0.1) is 5.92 Å². The molecule has 0 N–H and O–H groups in total. The second kappa shape index (κ2) is 7.82. The average molecular weight is 364 g/mol. The third-order valence-corrected chi connectivity index (χ3v) is 5.38. The van der Waals surface area contributed by atoms with Crippen molar-refractivity contribution < 1.29 is 14.0 Å². The van der Waals surface area contributed by atoms with Crippen molar-refractivity contribution in [2.24, 2.45) is 5.92 Å². The maximum absolute atomic E-state index is 13.1. The van der Waals surface area contributed by atoms with Gasteiger partial charge >= 0.3 is 0 Å². The lowest BCUT2D eigenvalue weighted by Gasteiger charge is -2.25. The molecule has 140 valence electrons. The van der Waals surface area contributed by atoms with Crippen molar-refractivity contribution in [1.82, 2.24) is 9.80 Å². The van der Waals surface area contributed by atoms with Gasteiger partial charge < -0.3 is 14.2 Å². The second-order valence-corrected chi connectivity index (χ2v) is 7.27. The molecule has 0 bridgehead atoms. The van der Waals surface area contributed by atoms with E-state index in [1.165, 1.54) is 0 Å². The van der Waals surface area contributed by atoms with E-state index in [0.717, 1.165) is 30.7 Å². The molecule has 0 spiro atoms. The van der Waals surface area contributed by atoms with Gasteiger partial charge in [0.05, 0.1) is 24.8 Å². The fourth-order valence-electron chi connectivity index (χ4n) is 3.97. The van der Waals surface area contributed by atoms with Gasteiger partial charge in [0.2, 0.25) is 11.8 Å². The number of rotatable bonds is 5. The van der Waals surface area contributed by atoms with E-state index in [0.29, 0.717) is 19.5 Å². The molecule has 1 aromatic carbocycles. The fourth-order valence-corrected chi connectivity index (χ4v) is 3.97. The van der Waals surface area contributed by atoms with Gasteiger partial charge in [0.1, 0.15) is 5.76 Å². The van der Waals surface area contributed by atoms with E-state index < -0.39 is 0 Å². The van der Waals surface area contributed by atoms with Crippen molar-refractivity contribution in [3.05, 3.63) is 66.1 Å². The summed E-state index contributed by atoms with van der Waals surface area (Å²) in [6.07, 6.45) is 8.09. The SMILES string of the molecule is O=C1CC(C(=O)N2CCCC2/C=C/c2ccccc2)CN1Cc1ccco1. The third kappa shape index (κ3) is 3.97. The Labute approximate surface area is 159 Å². The molecule has 0 saturated carbocycles. The van der Waals surface area contributed by atoms with Crippen molar-refractivity contribution in [2.75, 3.05) is 13.1 Å². The zero-order chi connectivity index (χ0) is 18.6. The molecule has 3 heterocycles. The van der Waals surface area contributed by atoms with Crippen LogP contribution in [0.3, 0.4) is 0 Å². The summed E-state index contributed by atoms with van der Waals surface area (Å²) in [5.41, 5.74) is 1.14. The first-order valence-corrected chi connectivity index (χ1v) is 9.54. The Balaban J connectivity index is 1.39. The third-order valence-electron chi connectivity index (χ3n) is 5.38. The van der Waals surface area contributed by atoms with Crippen molar-refractivity contribution in [2.45, 2.75) is 31.8 Å². The van der Waals surface area contributed by atoms with Crippen LogP contribution in [0.5, 0.6) is 0 Å². The van der Waals surface area contributed by atoms with E-state index in [1.807, 2.05) is 35.2 Å². The Morgan fingerprint density at radius 3 is 2.81 bits per heavy atom. The lowest BCUT2D eigenvalue weighted by molar-refractivity contribution is -0.135. The number of hydrogen-bond acceptors (Lipinski definition) is 3. The monoisotopic (exact) mass is 364 g/mol. The van der Waals surface area contributed by atoms with Crippen LogP contribution in [0.15, 0.2) is 59.2 Å². The van der Waals surface area contributed by atoms with E-state index >= 15 is 0 Å². The van der Waals surface area contributed by atoms with Gasteiger partial charge in [0, 0.05) is 19.5 Å². The topological polar surface area (TPSA) is 53.8 Å². The molecule has 27 heavy (non-hydrogen) atoms. The Hall–Kier alpha value is -2.82. The van der Waals surface area contributed by atoms with Gasteiger partial charge in [0.25, 0.3) is 0 Å². The molecule has 2 aromatic rings. The Morgan fingerprint density at radius 2 is 2.04 bits per heavy atom. The van der Waals surface area contributed by atoms with Gasteiger partial charge in [-0.1, -0.05) is 42.5 Å². The summed E-state index contributed by atoms with van der Waals surface area (Å²) in [4.78, 5) is 29.1. The Morgan fingerprint density at radius 1 is 1.19 bits per heavy atom. The first kappa shape index (κ1) is 17.6. The van der Waals surface area contributed by atoms with Crippen LogP contribution in [0.1, 0.15) is 30.6 Å². The summed E-state index contributed by atoms with van der Waals surface area (Å²) in [5, 5.41) is 0. The number of nitrogens with zero attached hydrogens (tertiary/aromatic N) is 2. The highest BCUT2D eigenvalue weighted by atomic mass is 16.3. The molecule has 2 fully saturated rings. The summed E-state index contributed by atoms with van der Waals surface area (Å²) in [5.74, 6) is 0.630. The minimum absolute atomic E-state index is 0.0281. The largest absolute Gasteiger partial charge is 0.467 e. The van der Waals surface area contributed by atoms with Crippen LogP contribution in [-0.4, -0.2) is 40.7 Å². The second-order valence-electron chi connectivity index (χ2n) is 7.27. The van der Waals surface area contributed by atoms with Crippen LogP contribution in [0.4, 0.5) is 0 Å². The van der Waals surface area contributed by atoms with Crippen molar-refractivity contribution in [3.63, 3.8) is 0 Å². The molecular weight excluding hydrogens is 340 g/mol. The maximum atomic E-state index is 13.1. The molecule has 0 radical (unpaired) electrons. The maximum Gasteiger partial charge on any atom is 0.228 e. The molecular formula is C22H24N2O3. The summed E-state index contributed by atoms with van der Waals surface area (Å²) < 4.78 is 5.33. The molecule has 4 rings (SSSR count). The van der Waals surface area contributed by atoms with Crippen molar-refractivity contribution >= 4 is 17.9 Å². The first-order valence-electron chi connectivity index (χ1n) is 9.54.